The van der Waals surface area contributed by atoms with E-state index >= 15 is 0 Å². The molecule has 1 saturated heterocycles. The first-order chi connectivity index (χ1) is 9.19. The highest BCUT2D eigenvalue weighted by Gasteiger charge is 2.31. The van der Waals surface area contributed by atoms with Crippen LogP contribution in [0.1, 0.15) is 25.1 Å². The summed E-state index contributed by atoms with van der Waals surface area (Å²) in [6.45, 7) is 2.79. The molecule has 0 amide bonds. The molecule has 1 aliphatic heterocycles. The zero-order chi connectivity index (χ0) is 13.4. The third-order valence-electron chi connectivity index (χ3n) is 3.83. The highest BCUT2D eigenvalue weighted by Crippen LogP contribution is 2.34. The van der Waals surface area contributed by atoms with Crippen LogP contribution in [0.2, 0.25) is 0 Å². The van der Waals surface area contributed by atoms with Gasteiger partial charge in [0.05, 0.1) is 18.8 Å². The van der Waals surface area contributed by atoms with Crippen molar-refractivity contribution < 1.29 is 13.5 Å². The molecule has 2 aromatic rings. The molecule has 3 atom stereocenters. The first kappa shape index (κ1) is 12.6. The van der Waals surface area contributed by atoms with Gasteiger partial charge in [-0.25, -0.2) is 4.39 Å². The first-order valence-electron chi connectivity index (χ1n) is 6.66. The van der Waals surface area contributed by atoms with Crippen LogP contribution >= 0.6 is 0 Å². The summed E-state index contributed by atoms with van der Waals surface area (Å²) >= 11 is 0. The molecule has 1 aromatic carbocycles. The lowest BCUT2D eigenvalue weighted by molar-refractivity contribution is 0.116. The van der Waals surface area contributed by atoms with Crippen LogP contribution in [-0.4, -0.2) is 19.8 Å². The highest BCUT2D eigenvalue weighted by molar-refractivity contribution is 5.78. The number of furan rings is 1. The summed E-state index contributed by atoms with van der Waals surface area (Å²) in [5, 5.41) is 4.07. The van der Waals surface area contributed by atoms with Gasteiger partial charge in [-0.3, -0.25) is 0 Å². The summed E-state index contributed by atoms with van der Waals surface area (Å²) < 4.78 is 25.0. The van der Waals surface area contributed by atoms with Crippen molar-refractivity contribution >= 4 is 11.0 Å². The standard InChI is InChI=1S/C15H18FNO2/c1-9-6-11(8-18-9)14(17-2)13-7-10-4-3-5-12(16)15(10)19-13/h3-5,7,9,11,14,17H,6,8H2,1-2H3. The number of hydrogen-bond donors (Lipinski definition) is 1. The van der Waals surface area contributed by atoms with Gasteiger partial charge in [-0.05, 0) is 32.5 Å². The fourth-order valence-electron chi connectivity index (χ4n) is 2.89. The average molecular weight is 263 g/mol. The van der Waals surface area contributed by atoms with Gasteiger partial charge in [0.1, 0.15) is 5.76 Å². The monoisotopic (exact) mass is 263 g/mol. The summed E-state index contributed by atoms with van der Waals surface area (Å²) in [5.74, 6) is 0.837. The topological polar surface area (TPSA) is 34.4 Å². The highest BCUT2D eigenvalue weighted by atomic mass is 19.1. The second-order valence-electron chi connectivity index (χ2n) is 5.21. The lowest BCUT2D eigenvalue weighted by Crippen LogP contribution is -2.25. The summed E-state index contributed by atoms with van der Waals surface area (Å²) in [4.78, 5) is 0. The fraction of sp³-hybridized carbons (Fsp3) is 0.467. The van der Waals surface area contributed by atoms with Gasteiger partial charge in [-0.2, -0.15) is 0 Å². The molecule has 0 bridgehead atoms. The quantitative estimate of drug-likeness (QED) is 0.923. The summed E-state index contributed by atoms with van der Waals surface area (Å²) in [6, 6.07) is 6.97. The van der Waals surface area contributed by atoms with E-state index in [1.54, 1.807) is 6.07 Å². The van der Waals surface area contributed by atoms with E-state index in [9.17, 15) is 4.39 Å². The van der Waals surface area contributed by atoms with Crippen LogP contribution in [0, 0.1) is 11.7 Å². The summed E-state index contributed by atoms with van der Waals surface area (Å²) in [7, 11) is 1.90. The van der Waals surface area contributed by atoms with Crippen LogP contribution < -0.4 is 5.32 Å². The lowest BCUT2D eigenvalue weighted by atomic mass is 9.95. The summed E-state index contributed by atoms with van der Waals surface area (Å²) in [5.41, 5.74) is 0.338. The van der Waals surface area contributed by atoms with E-state index in [2.05, 4.69) is 12.2 Å². The van der Waals surface area contributed by atoms with E-state index in [0.717, 1.165) is 17.6 Å². The SMILES string of the molecule is CNC(c1cc2cccc(F)c2o1)C1COC(C)C1. The Kier molecular flexibility index (Phi) is 3.29. The Morgan fingerprint density at radius 1 is 1.42 bits per heavy atom. The number of hydrogen-bond acceptors (Lipinski definition) is 3. The minimum Gasteiger partial charge on any atom is -0.456 e. The van der Waals surface area contributed by atoms with Crippen molar-refractivity contribution in [1.29, 1.82) is 0 Å². The van der Waals surface area contributed by atoms with Gasteiger partial charge in [0.2, 0.25) is 0 Å². The first-order valence-corrected chi connectivity index (χ1v) is 6.66. The molecule has 3 rings (SSSR count). The van der Waals surface area contributed by atoms with Crippen molar-refractivity contribution in [2.45, 2.75) is 25.5 Å². The molecule has 3 unspecified atom stereocenters. The minimum atomic E-state index is -0.311. The Hall–Kier alpha value is -1.39. The Morgan fingerprint density at radius 2 is 2.26 bits per heavy atom. The number of benzene rings is 1. The molecule has 1 aliphatic rings. The third kappa shape index (κ3) is 2.26. The molecule has 0 radical (unpaired) electrons. The number of para-hydroxylation sites is 1. The van der Waals surface area contributed by atoms with Crippen LogP contribution in [-0.2, 0) is 4.74 Å². The number of rotatable bonds is 3. The van der Waals surface area contributed by atoms with Crippen LogP contribution in [0.15, 0.2) is 28.7 Å². The molecule has 2 heterocycles. The van der Waals surface area contributed by atoms with Crippen molar-refractivity contribution in [2.75, 3.05) is 13.7 Å². The number of fused-ring (bicyclic) bond motifs is 1. The van der Waals surface area contributed by atoms with Crippen LogP contribution in [0.3, 0.4) is 0 Å². The Labute approximate surface area is 111 Å². The van der Waals surface area contributed by atoms with Gasteiger partial charge in [-0.1, -0.05) is 12.1 Å². The van der Waals surface area contributed by atoms with Crippen molar-refractivity contribution in [1.82, 2.24) is 5.32 Å². The van der Waals surface area contributed by atoms with E-state index in [0.29, 0.717) is 18.1 Å². The maximum atomic E-state index is 13.7. The predicted octanol–water partition coefficient (Wildman–Crippen LogP) is 3.26. The maximum absolute atomic E-state index is 13.7. The summed E-state index contributed by atoms with van der Waals surface area (Å²) in [6.07, 6.45) is 1.27. The molecule has 0 spiro atoms. The molecular weight excluding hydrogens is 245 g/mol. The largest absolute Gasteiger partial charge is 0.456 e. The molecule has 3 nitrogen and oxygen atoms in total. The van der Waals surface area contributed by atoms with Gasteiger partial charge in [-0.15, -0.1) is 0 Å². The van der Waals surface area contributed by atoms with Crippen LogP contribution in [0.4, 0.5) is 4.39 Å². The van der Waals surface area contributed by atoms with Gasteiger partial charge in [0.25, 0.3) is 0 Å². The molecule has 0 aliphatic carbocycles. The molecule has 1 fully saturated rings. The van der Waals surface area contributed by atoms with E-state index in [4.69, 9.17) is 9.15 Å². The normalized spacial score (nSPS) is 25.0. The smallest absolute Gasteiger partial charge is 0.169 e. The molecule has 1 aromatic heterocycles. The van der Waals surface area contributed by atoms with Crippen molar-refractivity contribution in [3.8, 4) is 0 Å². The average Bonchev–Trinajstić information content (AvgIpc) is 2.98. The van der Waals surface area contributed by atoms with Gasteiger partial charge in [0, 0.05) is 11.3 Å². The van der Waals surface area contributed by atoms with E-state index in [1.165, 1.54) is 6.07 Å². The van der Waals surface area contributed by atoms with Gasteiger partial charge < -0.3 is 14.5 Å². The fourth-order valence-corrected chi connectivity index (χ4v) is 2.89. The lowest BCUT2D eigenvalue weighted by Gasteiger charge is -2.19. The number of ether oxygens (including phenoxy) is 1. The second-order valence-corrected chi connectivity index (χ2v) is 5.21. The van der Waals surface area contributed by atoms with E-state index in [1.807, 2.05) is 19.2 Å². The van der Waals surface area contributed by atoms with E-state index < -0.39 is 0 Å². The molecule has 102 valence electrons. The van der Waals surface area contributed by atoms with Crippen LogP contribution in [0.5, 0.6) is 0 Å². The Morgan fingerprint density at radius 3 is 2.89 bits per heavy atom. The number of nitrogens with one attached hydrogen (secondary N) is 1. The third-order valence-corrected chi connectivity index (χ3v) is 3.83. The molecule has 1 N–H and O–H groups in total. The van der Waals surface area contributed by atoms with Crippen LogP contribution in [0.25, 0.3) is 11.0 Å². The van der Waals surface area contributed by atoms with Crippen molar-refractivity contribution in [3.05, 3.63) is 35.8 Å². The minimum absolute atomic E-state index is 0.0664. The Balaban J connectivity index is 1.95. The Bertz CT molecular complexity index is 581. The van der Waals surface area contributed by atoms with Gasteiger partial charge >= 0.3 is 0 Å². The van der Waals surface area contributed by atoms with Gasteiger partial charge in [0.15, 0.2) is 11.4 Å². The zero-order valence-corrected chi connectivity index (χ0v) is 11.2. The maximum Gasteiger partial charge on any atom is 0.169 e. The second kappa shape index (κ2) is 4.94. The predicted molar refractivity (Wildman–Crippen MR) is 71.5 cm³/mol. The van der Waals surface area contributed by atoms with Crippen molar-refractivity contribution in [3.63, 3.8) is 0 Å². The number of halogens is 1. The zero-order valence-electron chi connectivity index (χ0n) is 11.2. The molecule has 4 heteroatoms. The molecule has 0 saturated carbocycles. The molecule has 19 heavy (non-hydrogen) atoms. The van der Waals surface area contributed by atoms with E-state index in [-0.39, 0.29) is 18.0 Å². The van der Waals surface area contributed by atoms with Crippen molar-refractivity contribution in [2.24, 2.45) is 5.92 Å². The molecular formula is C15H18FNO2.